The van der Waals surface area contributed by atoms with Crippen LogP contribution in [0.2, 0.25) is 0 Å². The molecule has 0 spiro atoms. The van der Waals surface area contributed by atoms with Crippen molar-refractivity contribution in [2.75, 3.05) is 0 Å². The minimum Gasteiger partial charge on any atom is -0.472 e. The van der Waals surface area contributed by atoms with Crippen molar-refractivity contribution in [3.05, 3.63) is 47.9 Å². The van der Waals surface area contributed by atoms with Crippen molar-refractivity contribution in [3.8, 4) is 11.9 Å². The van der Waals surface area contributed by atoms with Gasteiger partial charge in [-0.2, -0.15) is 5.26 Å². The van der Waals surface area contributed by atoms with Crippen molar-refractivity contribution in [1.29, 1.82) is 5.26 Å². The fourth-order valence-corrected chi connectivity index (χ4v) is 4.41. The Morgan fingerprint density at radius 3 is 2.39 bits per heavy atom. The summed E-state index contributed by atoms with van der Waals surface area (Å²) in [5.41, 5.74) is 0.608. The second kappa shape index (κ2) is 8.46. The van der Waals surface area contributed by atoms with Gasteiger partial charge in [0.2, 0.25) is 15.7 Å². The van der Waals surface area contributed by atoms with Crippen LogP contribution in [0.3, 0.4) is 0 Å². The predicted octanol–water partition coefficient (Wildman–Crippen LogP) is 2.22. The summed E-state index contributed by atoms with van der Waals surface area (Å²) < 4.78 is 33.6. The quantitative estimate of drug-likeness (QED) is 0.738. The number of carbonyl (C=O) groups excluding carboxylic acids is 1. The van der Waals surface area contributed by atoms with E-state index in [4.69, 9.17) is 10.00 Å². The highest BCUT2D eigenvalue weighted by Crippen LogP contribution is 2.25. The molecule has 2 aromatic rings. The van der Waals surface area contributed by atoms with E-state index in [0.717, 1.165) is 0 Å². The Morgan fingerprint density at radius 2 is 1.79 bits per heavy atom. The van der Waals surface area contributed by atoms with E-state index in [1.54, 1.807) is 0 Å². The molecular weight excluding hydrogens is 380 g/mol. The smallest absolute Gasteiger partial charge is 0.251 e. The molecule has 0 radical (unpaired) electrons. The number of hydrogen-bond donors (Lipinski definition) is 1. The van der Waals surface area contributed by atoms with Crippen molar-refractivity contribution in [1.82, 2.24) is 14.7 Å². The predicted molar refractivity (Wildman–Crippen MR) is 100 cm³/mol. The van der Waals surface area contributed by atoms with Gasteiger partial charge < -0.3 is 4.74 Å². The highest BCUT2D eigenvalue weighted by molar-refractivity contribution is 7.89. The van der Waals surface area contributed by atoms with Gasteiger partial charge in [-0.05, 0) is 44.7 Å². The fourth-order valence-electron chi connectivity index (χ4n) is 3.10. The maximum Gasteiger partial charge on any atom is 0.251 e. The topological polar surface area (TPSA) is 122 Å². The molecule has 1 saturated carbocycles. The normalized spacial score (nSPS) is 19.6. The minimum absolute atomic E-state index is 0.113. The third-order valence-electron chi connectivity index (χ3n) is 4.62. The van der Waals surface area contributed by atoms with E-state index >= 15 is 0 Å². The molecule has 0 amide bonds. The zero-order valence-electron chi connectivity index (χ0n) is 15.3. The van der Waals surface area contributed by atoms with Gasteiger partial charge in [-0.1, -0.05) is 12.1 Å². The van der Waals surface area contributed by atoms with Crippen molar-refractivity contribution in [2.24, 2.45) is 0 Å². The van der Waals surface area contributed by atoms with Gasteiger partial charge in [0.05, 0.1) is 4.90 Å². The van der Waals surface area contributed by atoms with Gasteiger partial charge in [0.1, 0.15) is 12.2 Å². The Morgan fingerprint density at radius 1 is 1.14 bits per heavy atom. The van der Waals surface area contributed by atoms with Crippen molar-refractivity contribution in [2.45, 2.75) is 49.6 Å². The lowest BCUT2D eigenvalue weighted by atomic mass is 9.94. The Kier molecular flexibility index (Phi) is 6.02. The van der Waals surface area contributed by atoms with Crippen molar-refractivity contribution in [3.63, 3.8) is 0 Å². The molecule has 0 saturated heterocycles. The third-order valence-corrected chi connectivity index (χ3v) is 6.15. The van der Waals surface area contributed by atoms with Gasteiger partial charge in [0.15, 0.2) is 5.78 Å². The molecule has 8 nitrogen and oxygen atoms in total. The zero-order chi connectivity index (χ0) is 20.1. The van der Waals surface area contributed by atoms with Crippen LogP contribution in [-0.4, -0.2) is 36.3 Å². The van der Waals surface area contributed by atoms with Crippen LogP contribution in [0, 0.1) is 11.3 Å². The molecule has 0 atom stereocenters. The molecule has 1 aliphatic rings. The number of benzene rings is 1. The lowest BCUT2D eigenvalue weighted by molar-refractivity contribution is 0.101. The first-order valence-corrected chi connectivity index (χ1v) is 10.4. The zero-order valence-corrected chi connectivity index (χ0v) is 16.1. The summed E-state index contributed by atoms with van der Waals surface area (Å²) in [7, 11) is -3.66. The Labute approximate surface area is 163 Å². The molecule has 0 aliphatic heterocycles. The van der Waals surface area contributed by atoms with Crippen molar-refractivity contribution < 1.29 is 17.9 Å². The molecule has 0 unspecified atom stereocenters. The average Bonchev–Trinajstić information content (AvgIpc) is 2.70. The van der Waals surface area contributed by atoms with Crippen LogP contribution in [0.1, 0.15) is 48.7 Å². The van der Waals surface area contributed by atoms with E-state index in [9.17, 15) is 13.2 Å². The van der Waals surface area contributed by atoms with E-state index in [1.807, 2.05) is 6.07 Å². The van der Waals surface area contributed by atoms with E-state index in [-0.39, 0.29) is 34.4 Å². The number of carbonyl (C=O) groups is 1. The number of nitriles is 1. The molecule has 9 heteroatoms. The number of hydrogen-bond acceptors (Lipinski definition) is 7. The van der Waals surface area contributed by atoms with Crippen LogP contribution in [0.5, 0.6) is 5.88 Å². The molecule has 1 aromatic heterocycles. The summed E-state index contributed by atoms with van der Waals surface area (Å²) in [5, 5.41) is 9.05. The van der Waals surface area contributed by atoms with Gasteiger partial charge in [-0.15, -0.1) is 0 Å². The maximum atomic E-state index is 12.6. The number of sulfonamides is 1. The van der Waals surface area contributed by atoms with Crippen LogP contribution in [0.15, 0.2) is 41.6 Å². The lowest BCUT2D eigenvalue weighted by Gasteiger charge is -2.29. The van der Waals surface area contributed by atoms with E-state index in [2.05, 4.69) is 14.7 Å². The van der Waals surface area contributed by atoms with Gasteiger partial charge in [-0.25, -0.2) is 23.1 Å². The number of rotatable bonds is 6. The molecule has 146 valence electrons. The first-order chi connectivity index (χ1) is 13.4. The van der Waals surface area contributed by atoms with Crippen LogP contribution >= 0.6 is 0 Å². The molecule has 1 heterocycles. The molecule has 1 aromatic carbocycles. The summed E-state index contributed by atoms with van der Waals surface area (Å²) in [6.45, 7) is 1.43. The van der Waals surface area contributed by atoms with E-state index in [1.165, 1.54) is 43.6 Å². The molecule has 0 bridgehead atoms. The summed E-state index contributed by atoms with van der Waals surface area (Å²) in [6, 6.07) is 7.63. The van der Waals surface area contributed by atoms with Crippen LogP contribution < -0.4 is 9.46 Å². The second-order valence-corrected chi connectivity index (χ2v) is 8.33. The van der Waals surface area contributed by atoms with E-state index in [0.29, 0.717) is 31.2 Å². The van der Waals surface area contributed by atoms with Gasteiger partial charge in [0.25, 0.3) is 5.88 Å². The summed E-state index contributed by atoms with van der Waals surface area (Å²) in [5.74, 6) is 0.0949. The number of nitrogens with zero attached hydrogens (tertiary/aromatic N) is 3. The van der Waals surface area contributed by atoms with Gasteiger partial charge in [0, 0.05) is 24.0 Å². The number of nitrogens with one attached hydrogen (secondary N) is 1. The minimum atomic E-state index is -3.66. The summed E-state index contributed by atoms with van der Waals surface area (Å²) in [6.07, 6.45) is 5.25. The standard InChI is InChI=1S/C19H20N4O4S/c1-13(24)14-2-8-17(9-3-14)28(25,26)23-15-4-6-16(7-5-15)27-19-18(12-20)21-10-11-22-19/h2-3,8-11,15-16,23H,4-7H2,1H3. The molecule has 3 rings (SSSR count). The number of ketones is 1. The first-order valence-electron chi connectivity index (χ1n) is 8.90. The van der Waals surface area contributed by atoms with Crippen molar-refractivity contribution >= 4 is 15.8 Å². The Balaban J connectivity index is 1.57. The average molecular weight is 400 g/mol. The Bertz CT molecular complexity index is 991. The monoisotopic (exact) mass is 400 g/mol. The Hall–Kier alpha value is -2.83. The maximum absolute atomic E-state index is 12.6. The SMILES string of the molecule is CC(=O)c1ccc(S(=O)(=O)NC2CCC(Oc3nccnc3C#N)CC2)cc1. The van der Waals surface area contributed by atoms with E-state index < -0.39 is 10.0 Å². The number of Topliss-reactive ketones (excluding diaryl/α,β-unsaturated/α-hetero) is 1. The largest absolute Gasteiger partial charge is 0.472 e. The highest BCUT2D eigenvalue weighted by atomic mass is 32.2. The van der Waals surface area contributed by atoms with Crippen LogP contribution in [0.4, 0.5) is 0 Å². The fraction of sp³-hybridized carbons (Fsp3) is 0.368. The highest BCUT2D eigenvalue weighted by Gasteiger charge is 2.27. The summed E-state index contributed by atoms with van der Waals surface area (Å²) in [4.78, 5) is 19.4. The second-order valence-electron chi connectivity index (χ2n) is 6.62. The van der Waals surface area contributed by atoms with Crippen LogP contribution in [0.25, 0.3) is 0 Å². The number of aromatic nitrogens is 2. The molecule has 1 aliphatic carbocycles. The lowest BCUT2D eigenvalue weighted by Crippen LogP contribution is -2.39. The van der Waals surface area contributed by atoms with Crippen LogP contribution in [-0.2, 0) is 10.0 Å². The molecule has 1 N–H and O–H groups in total. The third kappa shape index (κ3) is 4.71. The molecule has 1 fully saturated rings. The van der Waals surface area contributed by atoms with Gasteiger partial charge >= 0.3 is 0 Å². The summed E-state index contributed by atoms with van der Waals surface area (Å²) >= 11 is 0. The first kappa shape index (κ1) is 19.9. The number of ether oxygens (including phenoxy) is 1. The molecular formula is C19H20N4O4S. The molecule has 28 heavy (non-hydrogen) atoms. The van der Waals surface area contributed by atoms with Gasteiger partial charge in [-0.3, -0.25) is 4.79 Å².